The number of hydrogen-bond acceptors (Lipinski definition) is 4. The maximum atomic E-state index is 4.79. The molecule has 1 fully saturated rings. The van der Waals surface area contributed by atoms with Crippen LogP contribution in [0.4, 0.5) is 11.8 Å². The molecule has 3 rings (SSSR count). The summed E-state index contributed by atoms with van der Waals surface area (Å²) in [5.41, 5.74) is 1.38. The van der Waals surface area contributed by atoms with Crippen LogP contribution in [0.25, 0.3) is 10.9 Å². The predicted octanol–water partition coefficient (Wildman–Crippen LogP) is 3.69. The van der Waals surface area contributed by atoms with Crippen LogP contribution in [-0.4, -0.2) is 29.6 Å². The number of nitrogens with one attached hydrogen (secondary N) is 1. The summed E-state index contributed by atoms with van der Waals surface area (Å²) in [7, 11) is 0. The highest BCUT2D eigenvalue weighted by molar-refractivity contribution is 5.90. The molecule has 112 valence electrons. The van der Waals surface area contributed by atoms with Gasteiger partial charge in [0.1, 0.15) is 5.82 Å². The Kier molecular flexibility index (Phi) is 3.70. The Balaban J connectivity index is 2.02. The molecule has 1 saturated heterocycles. The highest BCUT2D eigenvalue weighted by atomic mass is 15.2. The molecule has 2 heterocycles. The Labute approximate surface area is 126 Å². The van der Waals surface area contributed by atoms with Crippen molar-refractivity contribution in [1.29, 1.82) is 0 Å². The van der Waals surface area contributed by atoms with Crippen molar-refractivity contribution in [3.05, 3.63) is 24.3 Å². The molecule has 1 N–H and O–H groups in total. The van der Waals surface area contributed by atoms with E-state index in [0.717, 1.165) is 48.7 Å². The lowest BCUT2D eigenvalue weighted by atomic mass is 9.93. The Hall–Kier alpha value is -1.84. The second-order valence-corrected chi connectivity index (χ2v) is 6.65. The number of benzene rings is 1. The molecule has 0 aliphatic carbocycles. The van der Waals surface area contributed by atoms with Crippen LogP contribution < -0.4 is 10.2 Å². The van der Waals surface area contributed by atoms with Crippen molar-refractivity contribution in [2.75, 3.05) is 29.9 Å². The van der Waals surface area contributed by atoms with Crippen molar-refractivity contribution < 1.29 is 0 Å². The first-order chi connectivity index (χ1) is 10.1. The van der Waals surface area contributed by atoms with E-state index in [1.807, 2.05) is 6.07 Å². The molecule has 0 atom stereocenters. The number of fused-ring (bicyclic) bond motifs is 1. The molecule has 1 aliphatic rings. The summed E-state index contributed by atoms with van der Waals surface area (Å²) < 4.78 is 0. The van der Waals surface area contributed by atoms with Gasteiger partial charge in [-0.15, -0.1) is 0 Å². The van der Waals surface area contributed by atoms with Gasteiger partial charge >= 0.3 is 0 Å². The number of para-hydroxylation sites is 1. The molecule has 0 saturated carbocycles. The molecular weight excluding hydrogens is 260 g/mol. The largest absolute Gasteiger partial charge is 0.355 e. The molecule has 1 aromatic carbocycles. The van der Waals surface area contributed by atoms with Gasteiger partial charge in [0.15, 0.2) is 0 Å². The third-order valence-corrected chi connectivity index (χ3v) is 4.09. The van der Waals surface area contributed by atoms with Gasteiger partial charge in [-0.25, -0.2) is 4.98 Å². The highest BCUT2D eigenvalue weighted by Crippen LogP contribution is 2.34. The van der Waals surface area contributed by atoms with Crippen molar-refractivity contribution in [2.45, 2.75) is 33.6 Å². The summed E-state index contributed by atoms with van der Waals surface area (Å²) in [6.45, 7) is 9.84. The molecule has 4 nitrogen and oxygen atoms in total. The van der Waals surface area contributed by atoms with Gasteiger partial charge in [0.25, 0.3) is 0 Å². The molecule has 0 amide bonds. The predicted molar refractivity (Wildman–Crippen MR) is 88.9 cm³/mol. The van der Waals surface area contributed by atoms with Gasteiger partial charge in [0, 0.05) is 25.0 Å². The lowest BCUT2D eigenvalue weighted by Crippen LogP contribution is -2.24. The third-order valence-electron chi connectivity index (χ3n) is 4.09. The monoisotopic (exact) mass is 284 g/mol. The zero-order valence-electron chi connectivity index (χ0n) is 13.2. The molecule has 4 heteroatoms. The van der Waals surface area contributed by atoms with E-state index in [-0.39, 0.29) is 0 Å². The van der Waals surface area contributed by atoms with Crippen molar-refractivity contribution in [3.8, 4) is 0 Å². The standard InChI is InChI=1S/C17H24N4/c1-4-10-18-16-19-14-8-6-5-7-13(14)15(20-16)21-11-9-17(2,3)12-21/h5-8H,4,9-12H2,1-3H3,(H,18,19,20). The summed E-state index contributed by atoms with van der Waals surface area (Å²) in [5, 5.41) is 4.47. The molecule has 1 aliphatic heterocycles. The first-order valence-corrected chi connectivity index (χ1v) is 7.85. The molecule has 0 unspecified atom stereocenters. The minimum Gasteiger partial charge on any atom is -0.355 e. The molecule has 0 radical (unpaired) electrons. The lowest BCUT2D eigenvalue weighted by Gasteiger charge is -2.22. The van der Waals surface area contributed by atoms with Gasteiger partial charge in [-0.3, -0.25) is 0 Å². The summed E-state index contributed by atoms with van der Waals surface area (Å²) in [5.74, 6) is 1.82. The minimum absolute atomic E-state index is 0.364. The lowest BCUT2D eigenvalue weighted by molar-refractivity contribution is 0.418. The van der Waals surface area contributed by atoms with Crippen LogP contribution in [0.3, 0.4) is 0 Å². The van der Waals surface area contributed by atoms with Crippen LogP contribution in [0.15, 0.2) is 24.3 Å². The van der Waals surface area contributed by atoms with Gasteiger partial charge in [0.2, 0.25) is 5.95 Å². The normalized spacial score (nSPS) is 17.4. The maximum absolute atomic E-state index is 4.79. The van der Waals surface area contributed by atoms with Gasteiger partial charge in [-0.2, -0.15) is 4.98 Å². The number of aromatic nitrogens is 2. The quantitative estimate of drug-likeness (QED) is 0.929. The van der Waals surface area contributed by atoms with Gasteiger partial charge in [0.05, 0.1) is 5.52 Å². The minimum atomic E-state index is 0.364. The Morgan fingerprint density at radius 2 is 2.05 bits per heavy atom. The third kappa shape index (κ3) is 2.94. The van der Waals surface area contributed by atoms with Crippen LogP contribution in [0.1, 0.15) is 33.6 Å². The van der Waals surface area contributed by atoms with Crippen LogP contribution in [0, 0.1) is 5.41 Å². The van der Waals surface area contributed by atoms with E-state index in [1.165, 1.54) is 6.42 Å². The van der Waals surface area contributed by atoms with E-state index >= 15 is 0 Å². The molecule has 0 bridgehead atoms. The van der Waals surface area contributed by atoms with Crippen LogP contribution >= 0.6 is 0 Å². The number of anilines is 2. The van der Waals surface area contributed by atoms with Crippen LogP contribution in [0.5, 0.6) is 0 Å². The van der Waals surface area contributed by atoms with Gasteiger partial charge in [-0.1, -0.05) is 32.9 Å². The van der Waals surface area contributed by atoms with E-state index in [9.17, 15) is 0 Å². The van der Waals surface area contributed by atoms with Crippen molar-refractivity contribution in [3.63, 3.8) is 0 Å². The fourth-order valence-electron chi connectivity index (χ4n) is 2.91. The topological polar surface area (TPSA) is 41.1 Å². The zero-order chi connectivity index (χ0) is 14.9. The smallest absolute Gasteiger partial charge is 0.225 e. The fourth-order valence-corrected chi connectivity index (χ4v) is 2.91. The Bertz CT molecular complexity index is 636. The molecule has 2 aromatic rings. The second kappa shape index (κ2) is 5.51. The van der Waals surface area contributed by atoms with Crippen molar-refractivity contribution in [2.24, 2.45) is 5.41 Å². The van der Waals surface area contributed by atoms with Crippen LogP contribution in [-0.2, 0) is 0 Å². The summed E-state index contributed by atoms with van der Waals surface area (Å²) in [6.07, 6.45) is 2.28. The van der Waals surface area contributed by atoms with Gasteiger partial charge in [-0.05, 0) is 30.4 Å². The molecule has 1 aromatic heterocycles. The fraction of sp³-hybridized carbons (Fsp3) is 0.529. The molecule has 0 spiro atoms. The first-order valence-electron chi connectivity index (χ1n) is 7.85. The number of hydrogen-bond donors (Lipinski definition) is 1. The summed E-state index contributed by atoms with van der Waals surface area (Å²) >= 11 is 0. The van der Waals surface area contributed by atoms with Crippen molar-refractivity contribution >= 4 is 22.7 Å². The Morgan fingerprint density at radius 1 is 1.24 bits per heavy atom. The molecular formula is C17H24N4. The van der Waals surface area contributed by atoms with E-state index in [1.54, 1.807) is 0 Å². The Morgan fingerprint density at radius 3 is 2.76 bits per heavy atom. The van der Waals surface area contributed by atoms with E-state index < -0.39 is 0 Å². The highest BCUT2D eigenvalue weighted by Gasteiger charge is 2.31. The summed E-state index contributed by atoms with van der Waals surface area (Å²) in [6, 6.07) is 8.30. The molecule has 21 heavy (non-hydrogen) atoms. The van der Waals surface area contributed by atoms with Gasteiger partial charge < -0.3 is 10.2 Å². The summed E-state index contributed by atoms with van der Waals surface area (Å²) in [4.78, 5) is 11.8. The zero-order valence-corrected chi connectivity index (χ0v) is 13.2. The number of rotatable bonds is 4. The average Bonchev–Trinajstić information content (AvgIpc) is 2.84. The average molecular weight is 284 g/mol. The second-order valence-electron chi connectivity index (χ2n) is 6.65. The van der Waals surface area contributed by atoms with Crippen LogP contribution in [0.2, 0.25) is 0 Å². The van der Waals surface area contributed by atoms with E-state index in [4.69, 9.17) is 4.98 Å². The van der Waals surface area contributed by atoms with Crippen molar-refractivity contribution in [1.82, 2.24) is 9.97 Å². The number of nitrogens with zero attached hydrogens (tertiary/aromatic N) is 3. The SMILES string of the molecule is CCCNc1nc(N2CCC(C)(C)C2)c2ccccc2n1. The van der Waals surface area contributed by atoms with E-state index in [2.05, 4.69) is 54.2 Å². The van der Waals surface area contributed by atoms with E-state index in [0.29, 0.717) is 5.41 Å². The first kappa shape index (κ1) is 14.1. The maximum Gasteiger partial charge on any atom is 0.225 e.